The van der Waals surface area contributed by atoms with Gasteiger partial charge in [-0.3, -0.25) is 4.79 Å². The lowest BCUT2D eigenvalue weighted by atomic mass is 10.2. The summed E-state index contributed by atoms with van der Waals surface area (Å²) in [4.78, 5) is 11.0. The summed E-state index contributed by atoms with van der Waals surface area (Å²) < 4.78 is 5.91. The third kappa shape index (κ3) is 17.1. The molecule has 0 rings (SSSR count). The van der Waals surface area contributed by atoms with E-state index in [-0.39, 0.29) is 5.97 Å². The fourth-order valence-corrected chi connectivity index (χ4v) is 2.38. The average molecular weight is 440 g/mol. The summed E-state index contributed by atoms with van der Waals surface area (Å²) in [7, 11) is 1.43. The molecule has 2 nitrogen and oxygen atoms in total. The molecule has 132 valence electrons. The van der Waals surface area contributed by atoms with Gasteiger partial charge >= 0.3 is 5.97 Å². The first kappa shape index (κ1) is 22.7. The SMILES string of the molecule is C=CCCC/C=C\CC#CC/C=C\C/C(I)=C\CCCC(=O)OC. The van der Waals surface area contributed by atoms with Gasteiger partial charge in [0.25, 0.3) is 0 Å². The van der Waals surface area contributed by atoms with E-state index in [1.165, 1.54) is 17.1 Å². The lowest BCUT2D eigenvalue weighted by molar-refractivity contribution is -0.140. The predicted molar refractivity (Wildman–Crippen MR) is 112 cm³/mol. The Morgan fingerprint density at radius 3 is 2.42 bits per heavy atom. The molecule has 0 radical (unpaired) electrons. The number of hydrogen-bond acceptors (Lipinski definition) is 2. The maximum atomic E-state index is 11.0. The predicted octanol–water partition coefficient (Wildman–Crippen LogP) is 6.29. The normalized spacial score (nSPS) is 11.5. The van der Waals surface area contributed by atoms with E-state index in [0.717, 1.165) is 44.9 Å². The van der Waals surface area contributed by atoms with Gasteiger partial charge in [-0.05, 0) is 64.7 Å². The summed E-state index contributed by atoms with van der Waals surface area (Å²) in [6.07, 6.45) is 20.9. The molecule has 0 aromatic rings. The number of carbonyl (C=O) groups excluding carboxylic acids is 1. The van der Waals surface area contributed by atoms with Crippen molar-refractivity contribution < 1.29 is 9.53 Å². The highest BCUT2D eigenvalue weighted by Crippen LogP contribution is 2.14. The second-order valence-electron chi connectivity index (χ2n) is 5.25. The van der Waals surface area contributed by atoms with E-state index in [2.05, 4.69) is 76.1 Å². The molecule has 0 aliphatic heterocycles. The third-order valence-corrected chi connectivity index (χ3v) is 4.05. The van der Waals surface area contributed by atoms with Gasteiger partial charge in [-0.15, -0.1) is 6.58 Å². The minimum Gasteiger partial charge on any atom is -0.469 e. The molecule has 3 heteroatoms. The Morgan fingerprint density at radius 2 is 1.75 bits per heavy atom. The molecule has 0 saturated heterocycles. The molecule has 0 amide bonds. The average Bonchev–Trinajstić information content (AvgIpc) is 2.59. The summed E-state index contributed by atoms with van der Waals surface area (Å²) in [5.41, 5.74) is 0. The molecule has 0 saturated carbocycles. The molecule has 0 N–H and O–H groups in total. The van der Waals surface area contributed by atoms with Crippen molar-refractivity contribution in [2.75, 3.05) is 7.11 Å². The van der Waals surface area contributed by atoms with Gasteiger partial charge in [0.15, 0.2) is 0 Å². The van der Waals surface area contributed by atoms with Crippen molar-refractivity contribution in [2.45, 2.75) is 57.8 Å². The van der Waals surface area contributed by atoms with Gasteiger partial charge in [-0.25, -0.2) is 0 Å². The second kappa shape index (κ2) is 18.1. The van der Waals surface area contributed by atoms with Crippen LogP contribution >= 0.6 is 22.6 Å². The van der Waals surface area contributed by atoms with Crippen molar-refractivity contribution in [3.8, 4) is 11.8 Å². The van der Waals surface area contributed by atoms with E-state index in [9.17, 15) is 4.79 Å². The number of methoxy groups -OCH3 is 1. The van der Waals surface area contributed by atoms with Crippen LogP contribution in [0.3, 0.4) is 0 Å². The smallest absolute Gasteiger partial charge is 0.305 e. The molecule has 0 unspecified atom stereocenters. The zero-order chi connectivity index (χ0) is 17.9. The Kier molecular flexibility index (Phi) is 17.1. The van der Waals surface area contributed by atoms with Gasteiger partial charge < -0.3 is 4.74 Å². The Labute approximate surface area is 161 Å². The molecule has 0 aromatic carbocycles. The van der Waals surface area contributed by atoms with E-state index < -0.39 is 0 Å². The van der Waals surface area contributed by atoms with Crippen molar-refractivity contribution >= 4 is 28.6 Å². The van der Waals surface area contributed by atoms with E-state index >= 15 is 0 Å². The summed E-state index contributed by atoms with van der Waals surface area (Å²) in [6, 6.07) is 0. The van der Waals surface area contributed by atoms with E-state index in [4.69, 9.17) is 0 Å². The second-order valence-corrected chi connectivity index (χ2v) is 6.63. The van der Waals surface area contributed by atoms with Crippen LogP contribution in [0.4, 0.5) is 0 Å². The lowest BCUT2D eigenvalue weighted by Gasteiger charge is -1.97. The van der Waals surface area contributed by atoms with E-state index in [1.54, 1.807) is 0 Å². The van der Waals surface area contributed by atoms with Gasteiger partial charge in [-0.2, -0.15) is 0 Å². The molecule has 0 spiro atoms. The fraction of sp³-hybridized carbons (Fsp3) is 0.476. The highest BCUT2D eigenvalue weighted by atomic mass is 127. The van der Waals surface area contributed by atoms with Crippen LogP contribution < -0.4 is 0 Å². The number of halogens is 1. The molecule has 0 aliphatic rings. The first-order valence-electron chi connectivity index (χ1n) is 8.48. The van der Waals surface area contributed by atoms with Crippen molar-refractivity contribution in [1.29, 1.82) is 0 Å². The zero-order valence-electron chi connectivity index (χ0n) is 14.7. The zero-order valence-corrected chi connectivity index (χ0v) is 16.9. The first-order valence-corrected chi connectivity index (χ1v) is 9.56. The number of allylic oxidation sites excluding steroid dienone is 7. The minimum absolute atomic E-state index is 0.136. The minimum atomic E-state index is -0.136. The summed E-state index contributed by atoms with van der Waals surface area (Å²) in [6.45, 7) is 3.71. The molecule has 0 aromatic heterocycles. The Hall–Kier alpha value is -1.28. The molecular weight excluding hydrogens is 411 g/mol. The van der Waals surface area contributed by atoms with Crippen LogP contribution in [0.25, 0.3) is 0 Å². The van der Waals surface area contributed by atoms with Gasteiger partial charge in [-0.1, -0.05) is 48.3 Å². The highest BCUT2D eigenvalue weighted by Gasteiger charge is 1.97. The number of carbonyl (C=O) groups is 1. The Morgan fingerprint density at radius 1 is 1.04 bits per heavy atom. The molecule has 0 aliphatic carbocycles. The number of rotatable bonds is 12. The Balaban J connectivity index is 3.68. The van der Waals surface area contributed by atoms with Crippen molar-refractivity contribution in [3.05, 3.63) is 46.6 Å². The van der Waals surface area contributed by atoms with E-state index in [0.29, 0.717) is 6.42 Å². The first-order chi connectivity index (χ1) is 11.7. The Bertz CT molecular complexity index is 490. The van der Waals surface area contributed by atoms with Crippen molar-refractivity contribution in [3.63, 3.8) is 0 Å². The summed E-state index contributed by atoms with van der Waals surface area (Å²) in [5, 5.41) is 0. The van der Waals surface area contributed by atoms with Crippen LogP contribution in [-0.2, 0) is 9.53 Å². The maximum absolute atomic E-state index is 11.0. The number of ether oxygens (including phenoxy) is 1. The van der Waals surface area contributed by atoms with Crippen LogP contribution in [-0.4, -0.2) is 13.1 Å². The van der Waals surface area contributed by atoms with Crippen LogP contribution in [0.15, 0.2) is 46.6 Å². The molecule has 0 bridgehead atoms. The standard InChI is InChI=1S/C21H29IO2/c1-3-4-5-6-7-8-9-10-11-12-13-14-17-20(22)18-15-16-19-21(23)24-2/h3,7-8,13-14,18H,1,4-6,9,12,15-17,19H2,2H3/b8-7-,14-13-,20-18+. The van der Waals surface area contributed by atoms with Crippen LogP contribution in [0, 0.1) is 11.8 Å². The quantitative estimate of drug-likeness (QED) is 0.117. The van der Waals surface area contributed by atoms with Gasteiger partial charge in [0.05, 0.1) is 7.11 Å². The highest BCUT2D eigenvalue weighted by molar-refractivity contribution is 14.1. The monoisotopic (exact) mass is 440 g/mol. The van der Waals surface area contributed by atoms with Crippen LogP contribution in [0.5, 0.6) is 0 Å². The van der Waals surface area contributed by atoms with Gasteiger partial charge in [0.1, 0.15) is 0 Å². The summed E-state index contributed by atoms with van der Waals surface area (Å²) >= 11 is 2.34. The lowest BCUT2D eigenvalue weighted by Crippen LogP contribution is -1.98. The molecule has 0 heterocycles. The van der Waals surface area contributed by atoms with Crippen molar-refractivity contribution in [1.82, 2.24) is 0 Å². The summed E-state index contributed by atoms with van der Waals surface area (Å²) in [5.74, 6) is 6.17. The number of unbranched alkanes of at least 4 members (excludes halogenated alkanes) is 3. The number of hydrogen-bond donors (Lipinski definition) is 0. The molecule has 24 heavy (non-hydrogen) atoms. The van der Waals surface area contributed by atoms with E-state index in [1.807, 2.05) is 6.08 Å². The molecule has 0 atom stereocenters. The largest absolute Gasteiger partial charge is 0.469 e. The van der Waals surface area contributed by atoms with Crippen molar-refractivity contribution in [2.24, 2.45) is 0 Å². The van der Waals surface area contributed by atoms with Gasteiger partial charge in [0, 0.05) is 19.3 Å². The van der Waals surface area contributed by atoms with Crippen LogP contribution in [0.2, 0.25) is 0 Å². The number of esters is 1. The molecular formula is C21H29IO2. The van der Waals surface area contributed by atoms with Gasteiger partial charge in [0.2, 0.25) is 0 Å². The third-order valence-electron chi connectivity index (χ3n) is 3.17. The topological polar surface area (TPSA) is 26.3 Å². The molecule has 0 fully saturated rings. The fourth-order valence-electron chi connectivity index (χ4n) is 1.81. The maximum Gasteiger partial charge on any atom is 0.305 e. The van der Waals surface area contributed by atoms with Crippen LogP contribution in [0.1, 0.15) is 57.8 Å².